The van der Waals surface area contributed by atoms with Crippen LogP contribution in [0, 0.1) is 0 Å². The lowest BCUT2D eigenvalue weighted by Crippen LogP contribution is -2.53. The van der Waals surface area contributed by atoms with Gasteiger partial charge in [0.1, 0.15) is 0 Å². The lowest BCUT2D eigenvalue weighted by atomic mass is 9.97. The minimum Gasteiger partial charge on any atom is -0.315 e. The van der Waals surface area contributed by atoms with E-state index in [0.29, 0.717) is 0 Å². The molecule has 0 aromatic carbocycles. The summed E-state index contributed by atoms with van der Waals surface area (Å²) in [6, 6.07) is 1.65. The minimum absolute atomic E-state index is 0.802. The molecule has 0 saturated carbocycles. The number of hydrogen-bond acceptors (Lipinski definition) is 3. The molecule has 2 saturated heterocycles. The highest BCUT2D eigenvalue weighted by molar-refractivity contribution is 4.86. The highest BCUT2D eigenvalue weighted by atomic mass is 15.2. The van der Waals surface area contributed by atoms with Gasteiger partial charge in [-0.1, -0.05) is 13.8 Å². The summed E-state index contributed by atoms with van der Waals surface area (Å²) in [7, 11) is 0. The summed E-state index contributed by atoms with van der Waals surface area (Å²) in [5, 5.41) is 3.59. The van der Waals surface area contributed by atoms with E-state index in [2.05, 4.69) is 29.0 Å². The molecule has 3 heteroatoms. The summed E-state index contributed by atoms with van der Waals surface area (Å²) >= 11 is 0. The van der Waals surface area contributed by atoms with Crippen LogP contribution in [0.15, 0.2) is 0 Å². The van der Waals surface area contributed by atoms with Gasteiger partial charge in [-0.2, -0.15) is 0 Å². The van der Waals surface area contributed by atoms with Crippen molar-refractivity contribution >= 4 is 0 Å². The van der Waals surface area contributed by atoms with Crippen molar-refractivity contribution in [3.8, 4) is 0 Å². The van der Waals surface area contributed by atoms with Crippen LogP contribution in [0.25, 0.3) is 0 Å². The molecular formula is C16H33N3. The molecule has 19 heavy (non-hydrogen) atoms. The summed E-state index contributed by atoms with van der Waals surface area (Å²) in [5.41, 5.74) is 0. The average Bonchev–Trinajstić information content (AvgIpc) is 2.47. The second-order valence-corrected chi connectivity index (χ2v) is 6.31. The van der Waals surface area contributed by atoms with Gasteiger partial charge in [0.2, 0.25) is 0 Å². The fraction of sp³-hybridized carbons (Fsp3) is 1.00. The van der Waals surface area contributed by atoms with E-state index in [0.717, 1.165) is 12.1 Å². The smallest absolute Gasteiger partial charge is 0.0224 e. The molecule has 0 aromatic rings. The van der Waals surface area contributed by atoms with Crippen LogP contribution < -0.4 is 5.32 Å². The lowest BCUT2D eigenvalue weighted by Gasteiger charge is -2.43. The Morgan fingerprint density at radius 3 is 2.42 bits per heavy atom. The third-order valence-electron chi connectivity index (χ3n) is 4.79. The fourth-order valence-corrected chi connectivity index (χ4v) is 3.83. The van der Waals surface area contributed by atoms with Crippen molar-refractivity contribution in [1.29, 1.82) is 0 Å². The number of likely N-dealkylation sites (tertiary alicyclic amines) is 1. The molecule has 2 heterocycles. The molecule has 3 nitrogen and oxygen atoms in total. The van der Waals surface area contributed by atoms with Crippen LogP contribution in [0.3, 0.4) is 0 Å². The molecule has 0 bridgehead atoms. The van der Waals surface area contributed by atoms with E-state index in [1.807, 2.05) is 0 Å². The Morgan fingerprint density at radius 1 is 1.05 bits per heavy atom. The molecular weight excluding hydrogens is 234 g/mol. The molecule has 112 valence electrons. The molecule has 2 rings (SSSR count). The maximum Gasteiger partial charge on any atom is 0.0224 e. The Hall–Kier alpha value is -0.120. The van der Waals surface area contributed by atoms with Gasteiger partial charge in [-0.05, 0) is 71.2 Å². The Morgan fingerprint density at radius 2 is 1.84 bits per heavy atom. The Bertz CT molecular complexity index is 230. The molecule has 0 spiro atoms. The van der Waals surface area contributed by atoms with Crippen LogP contribution in [-0.4, -0.2) is 61.2 Å². The molecule has 1 N–H and O–H groups in total. The summed E-state index contributed by atoms with van der Waals surface area (Å²) in [6.07, 6.45) is 8.14. The van der Waals surface area contributed by atoms with E-state index in [1.54, 1.807) is 0 Å². The van der Waals surface area contributed by atoms with E-state index in [-0.39, 0.29) is 0 Å². The molecule has 2 aliphatic rings. The molecule has 0 amide bonds. The number of nitrogens with zero attached hydrogens (tertiary/aromatic N) is 2. The van der Waals surface area contributed by atoms with Crippen LogP contribution in [0.5, 0.6) is 0 Å². The van der Waals surface area contributed by atoms with Crippen molar-refractivity contribution < 1.29 is 0 Å². The maximum atomic E-state index is 3.59. The van der Waals surface area contributed by atoms with Gasteiger partial charge in [0.05, 0.1) is 0 Å². The minimum atomic E-state index is 0.802. The highest BCUT2D eigenvalue weighted by Crippen LogP contribution is 2.22. The van der Waals surface area contributed by atoms with Gasteiger partial charge in [0.25, 0.3) is 0 Å². The Labute approximate surface area is 119 Å². The molecule has 0 aromatic heterocycles. The first-order valence-corrected chi connectivity index (χ1v) is 8.54. The van der Waals surface area contributed by atoms with E-state index < -0.39 is 0 Å². The van der Waals surface area contributed by atoms with Crippen LogP contribution in [0.4, 0.5) is 0 Å². The molecule has 1 unspecified atom stereocenters. The number of rotatable bonds is 6. The first-order chi connectivity index (χ1) is 9.35. The van der Waals surface area contributed by atoms with Gasteiger partial charge < -0.3 is 10.2 Å². The first-order valence-electron chi connectivity index (χ1n) is 8.54. The van der Waals surface area contributed by atoms with Crippen molar-refractivity contribution in [2.24, 2.45) is 0 Å². The highest BCUT2D eigenvalue weighted by Gasteiger charge is 2.29. The summed E-state index contributed by atoms with van der Waals surface area (Å²) in [4.78, 5) is 5.50. The van der Waals surface area contributed by atoms with Crippen LogP contribution >= 0.6 is 0 Å². The van der Waals surface area contributed by atoms with Gasteiger partial charge in [0, 0.05) is 18.6 Å². The fourth-order valence-electron chi connectivity index (χ4n) is 3.83. The van der Waals surface area contributed by atoms with E-state index in [4.69, 9.17) is 0 Å². The monoisotopic (exact) mass is 267 g/mol. The topological polar surface area (TPSA) is 18.5 Å². The van der Waals surface area contributed by atoms with Crippen LogP contribution in [0.2, 0.25) is 0 Å². The summed E-state index contributed by atoms with van der Waals surface area (Å²) in [6.45, 7) is 12.3. The van der Waals surface area contributed by atoms with Crippen molar-refractivity contribution in [3.63, 3.8) is 0 Å². The van der Waals surface area contributed by atoms with E-state index in [1.165, 1.54) is 77.8 Å². The largest absolute Gasteiger partial charge is 0.315 e. The third kappa shape index (κ3) is 4.44. The van der Waals surface area contributed by atoms with E-state index >= 15 is 0 Å². The quantitative estimate of drug-likeness (QED) is 0.797. The first kappa shape index (κ1) is 15.3. The average molecular weight is 267 g/mol. The van der Waals surface area contributed by atoms with E-state index in [9.17, 15) is 0 Å². The molecule has 0 aliphatic carbocycles. The zero-order valence-electron chi connectivity index (χ0n) is 13.0. The molecule has 2 fully saturated rings. The summed E-state index contributed by atoms with van der Waals surface area (Å²) < 4.78 is 0. The second kappa shape index (κ2) is 8.23. The lowest BCUT2D eigenvalue weighted by molar-refractivity contribution is 0.0625. The van der Waals surface area contributed by atoms with Crippen LogP contribution in [0.1, 0.15) is 52.4 Å². The molecule has 0 radical (unpaired) electrons. The maximum absolute atomic E-state index is 3.59. The SMILES string of the molecule is CCCN1CCC(N(CCC)C2CCCNC2)CC1. The third-order valence-corrected chi connectivity index (χ3v) is 4.79. The van der Waals surface area contributed by atoms with Crippen molar-refractivity contribution in [2.75, 3.05) is 39.3 Å². The molecule has 2 aliphatic heterocycles. The predicted molar refractivity (Wildman–Crippen MR) is 82.6 cm³/mol. The number of hydrogen-bond donors (Lipinski definition) is 1. The van der Waals surface area contributed by atoms with Crippen molar-refractivity contribution in [2.45, 2.75) is 64.5 Å². The van der Waals surface area contributed by atoms with Crippen molar-refractivity contribution in [1.82, 2.24) is 15.1 Å². The van der Waals surface area contributed by atoms with Gasteiger partial charge >= 0.3 is 0 Å². The zero-order chi connectivity index (χ0) is 13.5. The Kier molecular flexibility index (Phi) is 6.62. The normalized spacial score (nSPS) is 27.0. The van der Waals surface area contributed by atoms with Gasteiger partial charge in [0.15, 0.2) is 0 Å². The number of piperidine rings is 2. The van der Waals surface area contributed by atoms with Gasteiger partial charge in [-0.15, -0.1) is 0 Å². The Balaban J connectivity index is 1.85. The predicted octanol–water partition coefficient (Wildman–Crippen LogP) is 2.32. The summed E-state index contributed by atoms with van der Waals surface area (Å²) in [5.74, 6) is 0. The second-order valence-electron chi connectivity index (χ2n) is 6.31. The van der Waals surface area contributed by atoms with Gasteiger partial charge in [-0.25, -0.2) is 0 Å². The molecule has 1 atom stereocenters. The van der Waals surface area contributed by atoms with Crippen molar-refractivity contribution in [3.05, 3.63) is 0 Å². The van der Waals surface area contributed by atoms with Crippen LogP contribution in [-0.2, 0) is 0 Å². The zero-order valence-corrected chi connectivity index (χ0v) is 13.0. The standard InChI is InChI=1S/C16H33N3/c1-3-10-18-12-7-15(8-13-18)19(11-4-2)16-6-5-9-17-14-16/h15-17H,3-14H2,1-2H3. The van der Waals surface area contributed by atoms with Gasteiger partial charge in [-0.3, -0.25) is 4.90 Å². The number of nitrogens with one attached hydrogen (secondary N) is 1.